The van der Waals surface area contributed by atoms with E-state index in [9.17, 15) is 23.7 Å². The first-order valence-electron chi connectivity index (χ1n) is 7.34. The maximum atomic E-state index is 13.9. The molecule has 6 nitrogen and oxygen atoms in total. The van der Waals surface area contributed by atoms with Crippen molar-refractivity contribution in [2.24, 2.45) is 0 Å². The number of carbonyl (C=O) groups excluding carboxylic acids is 1. The maximum Gasteiger partial charge on any atom is 0.271 e. The SMILES string of the molecule is O=C1C(Nc2ccc([N+](=O)[O-])cc2Cl)CCN1c1c(F)cccc1F. The fraction of sp³-hybridized carbons (Fsp3) is 0.188. The van der Waals surface area contributed by atoms with Gasteiger partial charge in [-0.3, -0.25) is 14.9 Å². The zero-order valence-electron chi connectivity index (χ0n) is 12.7. The molecule has 2 aromatic carbocycles. The van der Waals surface area contributed by atoms with Gasteiger partial charge in [0.15, 0.2) is 0 Å². The van der Waals surface area contributed by atoms with Crippen LogP contribution in [0.2, 0.25) is 5.02 Å². The summed E-state index contributed by atoms with van der Waals surface area (Å²) in [6.07, 6.45) is 0.305. The highest BCUT2D eigenvalue weighted by molar-refractivity contribution is 6.33. The molecule has 0 bridgehead atoms. The fourth-order valence-corrected chi connectivity index (χ4v) is 2.93. The van der Waals surface area contributed by atoms with Crippen molar-refractivity contribution in [3.05, 3.63) is 63.2 Å². The molecule has 130 valence electrons. The Labute approximate surface area is 146 Å². The van der Waals surface area contributed by atoms with Crippen LogP contribution >= 0.6 is 11.6 Å². The van der Waals surface area contributed by atoms with E-state index in [0.29, 0.717) is 12.1 Å². The van der Waals surface area contributed by atoms with Crippen molar-refractivity contribution in [1.82, 2.24) is 0 Å². The molecule has 2 aromatic rings. The molecule has 1 amide bonds. The minimum absolute atomic E-state index is 0.0810. The van der Waals surface area contributed by atoms with Crippen molar-refractivity contribution in [3.63, 3.8) is 0 Å². The molecule has 1 atom stereocenters. The number of para-hydroxylation sites is 1. The number of nitro benzene ring substituents is 1. The van der Waals surface area contributed by atoms with Crippen molar-refractivity contribution in [2.45, 2.75) is 12.5 Å². The largest absolute Gasteiger partial charge is 0.372 e. The summed E-state index contributed by atoms with van der Waals surface area (Å²) in [5.74, 6) is -2.14. The van der Waals surface area contributed by atoms with Crippen LogP contribution in [-0.4, -0.2) is 23.4 Å². The molecule has 1 fully saturated rings. The van der Waals surface area contributed by atoms with Crippen LogP contribution in [0.3, 0.4) is 0 Å². The molecule has 0 radical (unpaired) electrons. The van der Waals surface area contributed by atoms with Gasteiger partial charge in [-0.05, 0) is 24.6 Å². The van der Waals surface area contributed by atoms with E-state index in [4.69, 9.17) is 11.6 Å². The Bertz CT molecular complexity index is 842. The molecule has 25 heavy (non-hydrogen) atoms. The first-order valence-corrected chi connectivity index (χ1v) is 7.72. The van der Waals surface area contributed by atoms with Gasteiger partial charge in [0.2, 0.25) is 5.91 Å². The van der Waals surface area contributed by atoms with Crippen molar-refractivity contribution >= 4 is 34.6 Å². The maximum absolute atomic E-state index is 13.9. The van der Waals surface area contributed by atoms with Gasteiger partial charge in [0.05, 0.1) is 15.6 Å². The summed E-state index contributed by atoms with van der Waals surface area (Å²) >= 11 is 5.99. The van der Waals surface area contributed by atoms with Gasteiger partial charge >= 0.3 is 0 Å². The molecule has 0 aromatic heterocycles. The highest BCUT2D eigenvalue weighted by Gasteiger charge is 2.35. The summed E-state index contributed by atoms with van der Waals surface area (Å²) < 4.78 is 27.7. The molecule has 1 heterocycles. The highest BCUT2D eigenvalue weighted by Crippen LogP contribution is 2.31. The van der Waals surface area contributed by atoms with Gasteiger partial charge in [0.25, 0.3) is 5.69 Å². The third kappa shape index (κ3) is 3.25. The molecule has 1 unspecified atom stereocenters. The van der Waals surface area contributed by atoms with Crippen LogP contribution in [-0.2, 0) is 4.79 Å². The zero-order chi connectivity index (χ0) is 18.1. The van der Waals surface area contributed by atoms with Gasteiger partial charge < -0.3 is 10.2 Å². The molecule has 1 aliphatic rings. The molecule has 0 saturated carbocycles. The number of halogens is 3. The van der Waals surface area contributed by atoms with Crippen LogP contribution < -0.4 is 10.2 Å². The molecule has 1 aliphatic heterocycles. The van der Waals surface area contributed by atoms with Gasteiger partial charge in [-0.25, -0.2) is 8.78 Å². The van der Waals surface area contributed by atoms with Crippen LogP contribution in [0.1, 0.15) is 6.42 Å². The van der Waals surface area contributed by atoms with E-state index in [2.05, 4.69) is 5.32 Å². The number of benzene rings is 2. The number of nitrogens with one attached hydrogen (secondary N) is 1. The molecule has 0 aliphatic carbocycles. The lowest BCUT2D eigenvalue weighted by molar-refractivity contribution is -0.384. The lowest BCUT2D eigenvalue weighted by Gasteiger charge is -2.19. The van der Waals surface area contributed by atoms with E-state index in [1.807, 2.05) is 0 Å². The average Bonchev–Trinajstić information content (AvgIpc) is 2.90. The summed E-state index contributed by atoms with van der Waals surface area (Å²) in [4.78, 5) is 23.7. The monoisotopic (exact) mass is 367 g/mol. The van der Waals surface area contributed by atoms with E-state index in [0.717, 1.165) is 23.1 Å². The summed E-state index contributed by atoms with van der Waals surface area (Å²) in [6, 6.07) is 6.46. The second kappa shape index (κ2) is 6.64. The number of nitrogens with zero attached hydrogens (tertiary/aromatic N) is 2. The molecule has 9 heteroatoms. The number of non-ortho nitro benzene ring substituents is 1. The Kier molecular flexibility index (Phi) is 4.54. The van der Waals surface area contributed by atoms with Crippen LogP contribution in [0.4, 0.5) is 25.8 Å². The second-order valence-corrected chi connectivity index (χ2v) is 5.87. The first-order chi connectivity index (χ1) is 11.9. The standard InChI is InChI=1S/C16H12ClF2N3O3/c17-10-8-9(22(24)25)4-5-13(10)20-14-6-7-21(16(14)23)15-11(18)2-1-3-12(15)19/h1-5,8,14,20H,6-7H2. The van der Waals surface area contributed by atoms with Crippen molar-refractivity contribution in [1.29, 1.82) is 0 Å². The minimum Gasteiger partial charge on any atom is -0.372 e. The van der Waals surface area contributed by atoms with Gasteiger partial charge in [-0.2, -0.15) is 0 Å². The summed E-state index contributed by atoms with van der Waals surface area (Å²) in [5, 5.41) is 13.7. The summed E-state index contributed by atoms with van der Waals surface area (Å²) in [6.45, 7) is 0.138. The predicted octanol–water partition coefficient (Wildman–Crippen LogP) is 3.74. The molecular weight excluding hydrogens is 356 g/mol. The van der Waals surface area contributed by atoms with Gasteiger partial charge in [0.1, 0.15) is 23.4 Å². The van der Waals surface area contributed by atoms with Crippen LogP contribution in [0.25, 0.3) is 0 Å². The Balaban J connectivity index is 1.80. The van der Waals surface area contributed by atoms with E-state index in [-0.39, 0.29) is 22.9 Å². The number of anilines is 2. The normalized spacial score (nSPS) is 17.0. The number of nitro groups is 1. The van der Waals surface area contributed by atoms with Crippen molar-refractivity contribution in [3.8, 4) is 0 Å². The van der Waals surface area contributed by atoms with Gasteiger partial charge in [0, 0.05) is 18.7 Å². The first kappa shape index (κ1) is 17.1. The number of hydrogen-bond acceptors (Lipinski definition) is 4. The second-order valence-electron chi connectivity index (χ2n) is 5.47. The lowest BCUT2D eigenvalue weighted by atomic mass is 10.2. The Morgan fingerprint density at radius 3 is 2.52 bits per heavy atom. The van der Waals surface area contributed by atoms with Gasteiger partial charge in [-0.15, -0.1) is 0 Å². The fourth-order valence-electron chi connectivity index (χ4n) is 2.71. The number of amides is 1. The third-order valence-corrected chi connectivity index (χ3v) is 4.22. The van der Waals surface area contributed by atoms with Crippen molar-refractivity contribution < 1.29 is 18.5 Å². The van der Waals surface area contributed by atoms with Crippen LogP contribution in [0, 0.1) is 21.7 Å². The van der Waals surface area contributed by atoms with E-state index in [1.54, 1.807) is 0 Å². The molecule has 1 saturated heterocycles. The van der Waals surface area contributed by atoms with Crippen molar-refractivity contribution in [2.75, 3.05) is 16.8 Å². The Morgan fingerprint density at radius 1 is 1.24 bits per heavy atom. The molecule has 0 spiro atoms. The van der Waals surface area contributed by atoms with Crippen LogP contribution in [0.15, 0.2) is 36.4 Å². The quantitative estimate of drug-likeness (QED) is 0.659. The highest BCUT2D eigenvalue weighted by atomic mass is 35.5. The summed E-state index contributed by atoms with van der Waals surface area (Å²) in [7, 11) is 0. The topological polar surface area (TPSA) is 75.5 Å². The van der Waals surface area contributed by atoms with Gasteiger partial charge in [-0.1, -0.05) is 17.7 Å². The third-order valence-electron chi connectivity index (χ3n) is 3.91. The molecule has 1 N–H and O–H groups in total. The van der Waals surface area contributed by atoms with Crippen LogP contribution in [0.5, 0.6) is 0 Å². The number of carbonyl (C=O) groups is 1. The number of hydrogen-bond donors (Lipinski definition) is 1. The molecule has 3 rings (SSSR count). The average molecular weight is 368 g/mol. The lowest BCUT2D eigenvalue weighted by Crippen LogP contribution is -2.34. The van der Waals surface area contributed by atoms with E-state index < -0.39 is 28.5 Å². The summed E-state index contributed by atoms with van der Waals surface area (Å²) in [5.41, 5.74) is -0.226. The Hall–Kier alpha value is -2.74. The smallest absolute Gasteiger partial charge is 0.271 e. The minimum atomic E-state index is -0.817. The molecular formula is C16H12ClF2N3O3. The predicted molar refractivity (Wildman–Crippen MR) is 88.8 cm³/mol. The Morgan fingerprint density at radius 2 is 1.92 bits per heavy atom. The van der Waals surface area contributed by atoms with E-state index in [1.165, 1.54) is 18.2 Å². The number of rotatable bonds is 4. The zero-order valence-corrected chi connectivity index (χ0v) is 13.5. The van der Waals surface area contributed by atoms with E-state index >= 15 is 0 Å².